The van der Waals surface area contributed by atoms with Crippen LogP contribution in [0.5, 0.6) is 0 Å². The quantitative estimate of drug-likeness (QED) is 0.719. The van der Waals surface area contributed by atoms with Crippen LogP contribution in [0.4, 0.5) is 0 Å². The third kappa shape index (κ3) is 2.21. The molecule has 1 atom stereocenters. The van der Waals surface area contributed by atoms with E-state index in [4.69, 9.17) is 5.14 Å². The molecule has 0 aromatic carbocycles. The van der Waals surface area contributed by atoms with Gasteiger partial charge in [0, 0.05) is 6.54 Å². The van der Waals surface area contributed by atoms with Gasteiger partial charge >= 0.3 is 0 Å². The first kappa shape index (κ1) is 12.2. The summed E-state index contributed by atoms with van der Waals surface area (Å²) in [4.78, 5) is 0. The number of sulfonamides is 1. The van der Waals surface area contributed by atoms with Gasteiger partial charge in [0.1, 0.15) is 0 Å². The van der Waals surface area contributed by atoms with Crippen molar-refractivity contribution < 1.29 is 8.42 Å². The smallest absolute Gasteiger partial charge is 0.209 e. The molecule has 14 heavy (non-hydrogen) atoms. The van der Waals surface area contributed by atoms with Crippen molar-refractivity contribution in [1.82, 2.24) is 5.32 Å². The van der Waals surface area contributed by atoms with E-state index in [0.717, 1.165) is 13.1 Å². The third-order valence-corrected chi connectivity index (χ3v) is 4.38. The molecule has 1 saturated heterocycles. The van der Waals surface area contributed by atoms with E-state index in [2.05, 4.69) is 5.32 Å². The zero-order valence-electron chi connectivity index (χ0n) is 8.03. The van der Waals surface area contributed by atoms with Crippen LogP contribution in [0.2, 0.25) is 0 Å². The Labute approximate surface area is 91.1 Å². The zero-order chi connectivity index (χ0) is 9.53. The summed E-state index contributed by atoms with van der Waals surface area (Å²) in [5.41, 5.74) is 0.270. The molecule has 84 valence electrons. The monoisotopic (exact) mass is 240 g/mol. The molecule has 3 N–H and O–H groups in total. The van der Waals surface area contributed by atoms with Gasteiger partial charge in [0.15, 0.2) is 0 Å². The summed E-state index contributed by atoms with van der Waals surface area (Å²) in [6.07, 6.45) is 3.57. The molecule has 1 heterocycles. The summed E-state index contributed by atoms with van der Waals surface area (Å²) in [6, 6.07) is 0. The molecular weight excluding hydrogens is 224 g/mol. The van der Waals surface area contributed by atoms with Gasteiger partial charge in [0.25, 0.3) is 0 Å². The largest absolute Gasteiger partial charge is 0.316 e. The number of hydrogen-bond acceptors (Lipinski definition) is 3. The lowest BCUT2D eigenvalue weighted by Crippen LogP contribution is -2.41. The molecule has 2 fully saturated rings. The molecule has 4 nitrogen and oxygen atoms in total. The van der Waals surface area contributed by atoms with Gasteiger partial charge in [-0.3, -0.25) is 0 Å². The Hall–Kier alpha value is 0.160. The van der Waals surface area contributed by atoms with E-state index in [0.29, 0.717) is 0 Å². The molecular formula is C8H17ClN2O2S. The lowest BCUT2D eigenvalue weighted by atomic mass is 9.63. The maximum Gasteiger partial charge on any atom is 0.209 e. The fraction of sp³-hybridized carbons (Fsp3) is 1.00. The second-order valence-corrected chi connectivity index (χ2v) is 6.03. The van der Waals surface area contributed by atoms with E-state index in [1.807, 2.05) is 0 Å². The molecule has 1 spiro atoms. The predicted octanol–water partition coefficient (Wildman–Crippen LogP) is 0.0864. The van der Waals surface area contributed by atoms with E-state index in [1.54, 1.807) is 0 Å². The molecule has 1 aliphatic carbocycles. The second-order valence-electron chi connectivity index (χ2n) is 4.37. The molecule has 0 aromatic heterocycles. The average Bonchev–Trinajstić information content (AvgIpc) is 2.25. The van der Waals surface area contributed by atoms with Crippen molar-refractivity contribution in [2.75, 3.05) is 18.8 Å². The Morgan fingerprint density at radius 2 is 2.07 bits per heavy atom. The van der Waals surface area contributed by atoms with Gasteiger partial charge in [0.05, 0.1) is 5.75 Å². The van der Waals surface area contributed by atoms with Crippen molar-refractivity contribution in [3.05, 3.63) is 0 Å². The van der Waals surface area contributed by atoms with E-state index in [-0.39, 0.29) is 29.5 Å². The van der Waals surface area contributed by atoms with Gasteiger partial charge in [-0.1, -0.05) is 6.42 Å². The van der Waals surface area contributed by atoms with Crippen LogP contribution in [0.25, 0.3) is 0 Å². The number of rotatable bonds is 2. The highest BCUT2D eigenvalue weighted by atomic mass is 35.5. The minimum Gasteiger partial charge on any atom is -0.316 e. The summed E-state index contributed by atoms with van der Waals surface area (Å²) < 4.78 is 21.9. The number of hydrogen-bond donors (Lipinski definition) is 2. The van der Waals surface area contributed by atoms with Crippen molar-refractivity contribution in [1.29, 1.82) is 0 Å². The number of nitrogens with two attached hydrogens (primary N) is 1. The van der Waals surface area contributed by atoms with Gasteiger partial charge < -0.3 is 5.32 Å². The maximum absolute atomic E-state index is 11.0. The maximum atomic E-state index is 11.0. The first-order valence-electron chi connectivity index (χ1n) is 4.73. The topological polar surface area (TPSA) is 72.2 Å². The Bertz CT molecular complexity index is 300. The van der Waals surface area contributed by atoms with Crippen molar-refractivity contribution in [2.24, 2.45) is 16.5 Å². The minimum absolute atomic E-state index is 0. The highest BCUT2D eigenvalue weighted by Gasteiger charge is 2.47. The normalized spacial score (nSPS) is 29.6. The van der Waals surface area contributed by atoms with E-state index < -0.39 is 10.0 Å². The zero-order valence-corrected chi connectivity index (χ0v) is 9.66. The summed E-state index contributed by atoms with van der Waals surface area (Å²) in [5.74, 6) is 0.399. The highest BCUT2D eigenvalue weighted by molar-refractivity contribution is 7.89. The third-order valence-electron chi connectivity index (χ3n) is 3.52. The van der Waals surface area contributed by atoms with Gasteiger partial charge in [0.2, 0.25) is 10.0 Å². The fourth-order valence-electron chi connectivity index (χ4n) is 2.59. The van der Waals surface area contributed by atoms with Crippen molar-refractivity contribution in [3.8, 4) is 0 Å². The lowest BCUT2D eigenvalue weighted by molar-refractivity contribution is 0.110. The minimum atomic E-state index is -3.29. The van der Waals surface area contributed by atoms with Crippen LogP contribution in [-0.2, 0) is 10.0 Å². The van der Waals surface area contributed by atoms with Gasteiger partial charge in [-0.2, -0.15) is 0 Å². The van der Waals surface area contributed by atoms with Crippen LogP contribution in [0.3, 0.4) is 0 Å². The van der Waals surface area contributed by atoms with Crippen LogP contribution in [0.15, 0.2) is 0 Å². The van der Waals surface area contributed by atoms with Crippen molar-refractivity contribution >= 4 is 22.4 Å². The lowest BCUT2D eigenvalue weighted by Gasteiger charge is -2.42. The molecule has 2 rings (SSSR count). The number of primary sulfonamides is 1. The molecule has 2 aliphatic rings. The van der Waals surface area contributed by atoms with Gasteiger partial charge in [-0.15, -0.1) is 12.4 Å². The Morgan fingerprint density at radius 1 is 1.43 bits per heavy atom. The molecule has 0 aromatic rings. The fourth-order valence-corrected chi connectivity index (χ4v) is 3.62. The van der Waals surface area contributed by atoms with Crippen LogP contribution < -0.4 is 10.5 Å². The molecule has 6 heteroatoms. The number of halogens is 1. The molecule has 1 unspecified atom stereocenters. The van der Waals surface area contributed by atoms with Crippen LogP contribution in [0, 0.1) is 11.3 Å². The second kappa shape index (κ2) is 3.96. The van der Waals surface area contributed by atoms with Crippen molar-refractivity contribution in [2.45, 2.75) is 19.3 Å². The Morgan fingerprint density at radius 3 is 2.50 bits per heavy atom. The molecule has 0 bridgehead atoms. The number of nitrogens with one attached hydrogen (secondary N) is 1. The molecule has 0 radical (unpaired) electrons. The predicted molar refractivity (Wildman–Crippen MR) is 57.9 cm³/mol. The van der Waals surface area contributed by atoms with E-state index in [1.165, 1.54) is 19.3 Å². The first-order chi connectivity index (χ1) is 6.02. The summed E-state index contributed by atoms with van der Waals surface area (Å²) in [6.45, 7) is 1.80. The summed E-state index contributed by atoms with van der Waals surface area (Å²) in [5, 5.41) is 8.33. The van der Waals surface area contributed by atoms with Gasteiger partial charge in [-0.05, 0) is 30.7 Å². The molecule has 1 aliphatic heterocycles. The SMILES string of the molecule is Cl.NS(=O)(=O)CC1CNCC12CCC2. The van der Waals surface area contributed by atoms with Crippen molar-refractivity contribution in [3.63, 3.8) is 0 Å². The van der Waals surface area contributed by atoms with Crippen LogP contribution >= 0.6 is 12.4 Å². The van der Waals surface area contributed by atoms with Crippen LogP contribution in [-0.4, -0.2) is 27.3 Å². The van der Waals surface area contributed by atoms with E-state index >= 15 is 0 Å². The highest BCUT2D eigenvalue weighted by Crippen LogP contribution is 2.49. The first-order valence-corrected chi connectivity index (χ1v) is 6.45. The standard InChI is InChI=1S/C8H16N2O2S.ClH/c9-13(11,12)5-7-4-10-6-8(7)2-1-3-8;/h7,10H,1-6H2,(H2,9,11,12);1H. The van der Waals surface area contributed by atoms with Gasteiger partial charge in [-0.25, -0.2) is 13.6 Å². The Balaban J connectivity index is 0.000000980. The average molecular weight is 241 g/mol. The summed E-state index contributed by atoms with van der Waals surface area (Å²) >= 11 is 0. The Kier molecular flexibility index (Phi) is 3.46. The van der Waals surface area contributed by atoms with Crippen LogP contribution in [0.1, 0.15) is 19.3 Å². The molecule has 0 amide bonds. The molecule has 1 saturated carbocycles. The van der Waals surface area contributed by atoms with E-state index in [9.17, 15) is 8.42 Å². The summed E-state index contributed by atoms with van der Waals surface area (Å²) in [7, 11) is -3.29.